The van der Waals surface area contributed by atoms with Crippen LogP contribution in [0.2, 0.25) is 0 Å². The molecule has 1 aromatic carbocycles. The van der Waals surface area contributed by atoms with Crippen LogP contribution < -0.4 is 11.1 Å². The highest BCUT2D eigenvalue weighted by Gasteiger charge is 2.16. The van der Waals surface area contributed by atoms with E-state index < -0.39 is 12.0 Å². The van der Waals surface area contributed by atoms with E-state index in [1.165, 1.54) is 6.07 Å². The van der Waals surface area contributed by atoms with E-state index in [4.69, 9.17) is 15.3 Å². The molecule has 1 aromatic heterocycles. The SMILES string of the molecule is Cc1oc(C(=O)O)cc1CNC(=O)[C@@H](N)Cc1ccccc1. The lowest BCUT2D eigenvalue weighted by atomic mass is 10.1. The number of nitrogens with two attached hydrogens (primary N) is 1. The summed E-state index contributed by atoms with van der Waals surface area (Å²) in [5.74, 6) is -1.10. The average Bonchev–Trinajstić information content (AvgIpc) is 2.87. The fourth-order valence-electron chi connectivity index (χ4n) is 2.07. The number of hydrogen-bond acceptors (Lipinski definition) is 4. The van der Waals surface area contributed by atoms with Crippen molar-refractivity contribution in [2.75, 3.05) is 0 Å². The van der Waals surface area contributed by atoms with Gasteiger partial charge in [0.05, 0.1) is 6.04 Å². The summed E-state index contributed by atoms with van der Waals surface area (Å²) in [5, 5.41) is 11.5. The molecular weight excluding hydrogens is 284 g/mol. The summed E-state index contributed by atoms with van der Waals surface area (Å²) in [6.07, 6.45) is 0.442. The Hall–Kier alpha value is -2.60. The van der Waals surface area contributed by atoms with Crippen molar-refractivity contribution in [1.29, 1.82) is 0 Å². The zero-order valence-electron chi connectivity index (χ0n) is 12.2. The number of nitrogens with one attached hydrogen (secondary N) is 1. The second-order valence-corrected chi connectivity index (χ2v) is 5.01. The van der Waals surface area contributed by atoms with E-state index in [0.717, 1.165) is 5.56 Å². The van der Waals surface area contributed by atoms with Gasteiger partial charge in [-0.2, -0.15) is 0 Å². The van der Waals surface area contributed by atoms with E-state index in [0.29, 0.717) is 17.7 Å². The minimum absolute atomic E-state index is 0.143. The fraction of sp³-hybridized carbons (Fsp3) is 0.250. The van der Waals surface area contributed by atoms with Crippen LogP contribution in [0.5, 0.6) is 0 Å². The zero-order valence-corrected chi connectivity index (χ0v) is 12.2. The first-order chi connectivity index (χ1) is 10.5. The van der Waals surface area contributed by atoms with Gasteiger partial charge in [-0.05, 0) is 25.0 Å². The van der Waals surface area contributed by atoms with Crippen LogP contribution in [0.25, 0.3) is 0 Å². The second-order valence-electron chi connectivity index (χ2n) is 5.01. The van der Waals surface area contributed by atoms with Crippen LogP contribution in [0.4, 0.5) is 0 Å². The first-order valence-electron chi connectivity index (χ1n) is 6.87. The van der Waals surface area contributed by atoms with E-state index in [-0.39, 0.29) is 18.2 Å². The van der Waals surface area contributed by atoms with Gasteiger partial charge in [-0.1, -0.05) is 30.3 Å². The number of benzene rings is 1. The number of aryl methyl sites for hydroxylation is 1. The van der Waals surface area contributed by atoms with Crippen molar-refractivity contribution >= 4 is 11.9 Å². The summed E-state index contributed by atoms with van der Waals surface area (Å²) in [6.45, 7) is 1.84. The first kappa shape index (κ1) is 15.8. The maximum atomic E-state index is 12.0. The molecule has 0 fully saturated rings. The quantitative estimate of drug-likeness (QED) is 0.749. The molecule has 0 saturated heterocycles. The van der Waals surface area contributed by atoms with Crippen LogP contribution in [0.15, 0.2) is 40.8 Å². The van der Waals surface area contributed by atoms with Gasteiger partial charge in [-0.15, -0.1) is 0 Å². The number of amides is 1. The number of rotatable bonds is 6. The lowest BCUT2D eigenvalue weighted by Crippen LogP contribution is -2.41. The van der Waals surface area contributed by atoms with E-state index in [1.807, 2.05) is 30.3 Å². The van der Waals surface area contributed by atoms with Gasteiger partial charge in [0.15, 0.2) is 0 Å². The predicted octanol–water partition coefficient (Wildman–Crippen LogP) is 1.47. The molecule has 22 heavy (non-hydrogen) atoms. The van der Waals surface area contributed by atoms with Gasteiger partial charge in [0.1, 0.15) is 5.76 Å². The van der Waals surface area contributed by atoms with Gasteiger partial charge in [-0.3, -0.25) is 4.79 Å². The number of hydrogen-bond donors (Lipinski definition) is 3. The molecule has 0 aliphatic carbocycles. The summed E-state index contributed by atoms with van der Waals surface area (Å²) in [7, 11) is 0. The minimum Gasteiger partial charge on any atom is -0.475 e. The molecule has 1 heterocycles. The Morgan fingerprint density at radius 2 is 2.00 bits per heavy atom. The molecule has 0 bridgehead atoms. The Bertz CT molecular complexity index is 664. The largest absolute Gasteiger partial charge is 0.475 e. The van der Waals surface area contributed by atoms with Crippen LogP contribution in [0.3, 0.4) is 0 Å². The number of carboxylic acid groups (broad SMARTS) is 1. The summed E-state index contributed by atoms with van der Waals surface area (Å²) in [6, 6.07) is 10.2. The number of carbonyl (C=O) groups excluding carboxylic acids is 1. The molecule has 4 N–H and O–H groups in total. The minimum atomic E-state index is -1.14. The van der Waals surface area contributed by atoms with E-state index in [1.54, 1.807) is 6.92 Å². The van der Waals surface area contributed by atoms with Crippen LogP contribution >= 0.6 is 0 Å². The Labute approximate surface area is 127 Å². The van der Waals surface area contributed by atoms with Crippen LogP contribution in [0.1, 0.15) is 27.4 Å². The molecule has 2 rings (SSSR count). The Balaban J connectivity index is 1.91. The molecule has 0 aliphatic heterocycles. The van der Waals surface area contributed by atoms with Gasteiger partial charge < -0.3 is 20.6 Å². The van der Waals surface area contributed by atoms with Crippen molar-refractivity contribution in [3.05, 3.63) is 59.0 Å². The highest BCUT2D eigenvalue weighted by molar-refractivity contribution is 5.85. The third-order valence-electron chi connectivity index (χ3n) is 3.32. The maximum Gasteiger partial charge on any atom is 0.371 e. The molecule has 6 nitrogen and oxygen atoms in total. The normalized spacial score (nSPS) is 11.9. The summed E-state index contributed by atoms with van der Waals surface area (Å²) in [5.41, 5.74) is 7.48. The monoisotopic (exact) mass is 302 g/mol. The highest BCUT2D eigenvalue weighted by Crippen LogP contribution is 2.14. The van der Waals surface area contributed by atoms with E-state index in [2.05, 4.69) is 5.32 Å². The topological polar surface area (TPSA) is 106 Å². The van der Waals surface area contributed by atoms with Crippen molar-refractivity contribution in [2.24, 2.45) is 5.73 Å². The molecule has 0 spiro atoms. The Morgan fingerprint density at radius 3 is 2.59 bits per heavy atom. The van der Waals surface area contributed by atoms with Crippen molar-refractivity contribution in [1.82, 2.24) is 5.32 Å². The highest BCUT2D eigenvalue weighted by atomic mass is 16.4. The third-order valence-corrected chi connectivity index (χ3v) is 3.32. The van der Waals surface area contributed by atoms with Gasteiger partial charge >= 0.3 is 5.97 Å². The lowest BCUT2D eigenvalue weighted by molar-refractivity contribution is -0.122. The second kappa shape index (κ2) is 6.91. The van der Waals surface area contributed by atoms with Gasteiger partial charge in [0.2, 0.25) is 11.7 Å². The Kier molecular flexibility index (Phi) is 4.95. The number of aromatic carboxylic acids is 1. The maximum absolute atomic E-state index is 12.0. The lowest BCUT2D eigenvalue weighted by Gasteiger charge is -2.12. The average molecular weight is 302 g/mol. The van der Waals surface area contributed by atoms with E-state index >= 15 is 0 Å². The molecule has 0 saturated carbocycles. The van der Waals surface area contributed by atoms with Crippen LogP contribution in [0, 0.1) is 6.92 Å². The molecule has 1 atom stereocenters. The molecule has 6 heteroatoms. The van der Waals surface area contributed by atoms with Gasteiger partial charge in [-0.25, -0.2) is 4.79 Å². The molecule has 0 radical (unpaired) electrons. The molecule has 0 aliphatic rings. The van der Waals surface area contributed by atoms with Crippen molar-refractivity contribution < 1.29 is 19.1 Å². The predicted molar refractivity (Wildman–Crippen MR) is 80.4 cm³/mol. The molecule has 116 valence electrons. The summed E-state index contributed by atoms with van der Waals surface area (Å²) >= 11 is 0. The van der Waals surface area contributed by atoms with Crippen molar-refractivity contribution in [3.8, 4) is 0 Å². The molecule has 1 amide bonds. The number of carboxylic acids is 1. The third kappa shape index (κ3) is 3.95. The summed E-state index contributed by atoms with van der Waals surface area (Å²) in [4.78, 5) is 22.8. The fourth-order valence-corrected chi connectivity index (χ4v) is 2.07. The number of furan rings is 1. The van der Waals surface area contributed by atoms with Crippen LogP contribution in [-0.2, 0) is 17.8 Å². The molecular formula is C16H18N2O4. The molecule has 0 unspecified atom stereocenters. The zero-order chi connectivity index (χ0) is 16.1. The molecule has 2 aromatic rings. The van der Waals surface area contributed by atoms with Crippen molar-refractivity contribution in [3.63, 3.8) is 0 Å². The smallest absolute Gasteiger partial charge is 0.371 e. The summed E-state index contributed by atoms with van der Waals surface area (Å²) < 4.78 is 5.08. The van der Waals surface area contributed by atoms with Gasteiger partial charge in [0, 0.05) is 12.1 Å². The van der Waals surface area contributed by atoms with E-state index in [9.17, 15) is 9.59 Å². The number of carbonyl (C=O) groups is 2. The van der Waals surface area contributed by atoms with Crippen LogP contribution in [-0.4, -0.2) is 23.0 Å². The standard InChI is InChI=1S/C16H18N2O4/c1-10-12(8-14(22-10)16(20)21)9-18-15(19)13(17)7-11-5-3-2-4-6-11/h2-6,8,13H,7,9,17H2,1H3,(H,18,19)(H,20,21)/t13-/m0/s1. The van der Waals surface area contributed by atoms with Crippen molar-refractivity contribution in [2.45, 2.75) is 25.9 Å². The Morgan fingerprint density at radius 1 is 1.32 bits per heavy atom. The first-order valence-corrected chi connectivity index (χ1v) is 6.87. The van der Waals surface area contributed by atoms with Gasteiger partial charge in [0.25, 0.3) is 0 Å².